The van der Waals surface area contributed by atoms with Crippen LogP contribution in [0.4, 0.5) is 0 Å². The van der Waals surface area contributed by atoms with E-state index in [4.69, 9.17) is 11.6 Å². The quantitative estimate of drug-likeness (QED) is 0.629. The first-order valence-electron chi connectivity index (χ1n) is 7.34. The molecule has 6 nitrogen and oxygen atoms in total. The number of rotatable bonds is 3. The zero-order valence-corrected chi connectivity index (χ0v) is 13.2. The van der Waals surface area contributed by atoms with Crippen molar-refractivity contribution in [3.8, 4) is 0 Å². The molecule has 23 heavy (non-hydrogen) atoms. The maximum atomic E-state index is 12.9. The Morgan fingerprint density at radius 3 is 2.91 bits per heavy atom. The molecular formula is C16H14ClN5O. The Hall–Kier alpha value is -2.60. The lowest BCUT2D eigenvalue weighted by molar-refractivity contribution is 0.665. The molecule has 0 saturated carbocycles. The van der Waals surface area contributed by atoms with Crippen LogP contribution < -0.4 is 5.56 Å². The van der Waals surface area contributed by atoms with Crippen LogP contribution in [0, 0.1) is 0 Å². The van der Waals surface area contributed by atoms with Gasteiger partial charge in [-0.25, -0.2) is 4.98 Å². The van der Waals surface area contributed by atoms with Crippen LogP contribution in [0.1, 0.15) is 12.6 Å². The lowest BCUT2D eigenvalue weighted by Crippen LogP contribution is -2.22. The molecule has 0 unspecified atom stereocenters. The maximum Gasteiger partial charge on any atom is 0.279 e. The van der Waals surface area contributed by atoms with Crippen LogP contribution in [0.3, 0.4) is 0 Å². The molecule has 116 valence electrons. The van der Waals surface area contributed by atoms with Gasteiger partial charge in [0.15, 0.2) is 5.52 Å². The van der Waals surface area contributed by atoms with Crippen molar-refractivity contribution in [2.24, 2.45) is 0 Å². The summed E-state index contributed by atoms with van der Waals surface area (Å²) in [5.74, 6) is 0. The fourth-order valence-electron chi connectivity index (χ4n) is 2.83. The van der Waals surface area contributed by atoms with Crippen molar-refractivity contribution in [2.45, 2.75) is 20.0 Å². The first kappa shape index (κ1) is 14.0. The van der Waals surface area contributed by atoms with Crippen molar-refractivity contribution in [1.82, 2.24) is 24.3 Å². The van der Waals surface area contributed by atoms with Crippen LogP contribution in [0.2, 0.25) is 5.02 Å². The molecule has 0 amide bonds. The van der Waals surface area contributed by atoms with E-state index in [2.05, 4.69) is 15.1 Å². The number of nitrogens with one attached hydrogen (secondary N) is 1. The van der Waals surface area contributed by atoms with Gasteiger partial charge >= 0.3 is 0 Å². The zero-order valence-electron chi connectivity index (χ0n) is 12.5. The van der Waals surface area contributed by atoms with Crippen molar-refractivity contribution in [2.75, 3.05) is 0 Å². The second kappa shape index (κ2) is 5.24. The number of hydrogen-bond donors (Lipinski definition) is 1. The lowest BCUT2D eigenvalue weighted by Gasteiger charge is -2.10. The molecule has 0 spiro atoms. The Kier molecular flexibility index (Phi) is 3.20. The van der Waals surface area contributed by atoms with Gasteiger partial charge in [-0.2, -0.15) is 5.10 Å². The minimum absolute atomic E-state index is 0.128. The summed E-state index contributed by atoms with van der Waals surface area (Å²) in [6.45, 7) is 3.10. The normalized spacial score (nSPS) is 11.6. The van der Waals surface area contributed by atoms with Gasteiger partial charge in [0.25, 0.3) is 5.56 Å². The smallest absolute Gasteiger partial charge is 0.279 e. The van der Waals surface area contributed by atoms with E-state index in [0.29, 0.717) is 23.6 Å². The predicted molar refractivity (Wildman–Crippen MR) is 89.9 cm³/mol. The average Bonchev–Trinajstić information content (AvgIpc) is 3.20. The summed E-state index contributed by atoms with van der Waals surface area (Å²) in [4.78, 5) is 20.0. The SMILES string of the molecule is CCn1cc2c(n1)c(=O)n(Cc1cnc[nH]1)c1cc(Cl)ccc21. The van der Waals surface area contributed by atoms with Crippen LogP contribution >= 0.6 is 11.6 Å². The molecule has 3 heterocycles. The topological polar surface area (TPSA) is 68.5 Å². The molecule has 0 aliphatic heterocycles. The van der Waals surface area contributed by atoms with Gasteiger partial charge in [0.05, 0.1) is 24.1 Å². The van der Waals surface area contributed by atoms with E-state index >= 15 is 0 Å². The van der Waals surface area contributed by atoms with Gasteiger partial charge in [-0.1, -0.05) is 17.7 Å². The van der Waals surface area contributed by atoms with Gasteiger partial charge < -0.3 is 9.55 Å². The second-order valence-corrected chi connectivity index (χ2v) is 5.81. The highest BCUT2D eigenvalue weighted by Crippen LogP contribution is 2.25. The first-order chi connectivity index (χ1) is 11.2. The first-order valence-corrected chi connectivity index (χ1v) is 7.71. The Morgan fingerprint density at radius 2 is 2.17 bits per heavy atom. The third-order valence-corrected chi connectivity index (χ3v) is 4.19. The van der Waals surface area contributed by atoms with Crippen molar-refractivity contribution in [3.05, 3.63) is 58.0 Å². The fourth-order valence-corrected chi connectivity index (χ4v) is 3.00. The number of fused-ring (bicyclic) bond motifs is 3. The molecule has 4 aromatic rings. The Balaban J connectivity index is 2.10. The molecule has 1 aromatic carbocycles. The monoisotopic (exact) mass is 327 g/mol. The number of halogens is 1. The minimum atomic E-state index is -0.128. The summed E-state index contributed by atoms with van der Waals surface area (Å²) in [5, 5.41) is 6.83. The fraction of sp³-hybridized carbons (Fsp3) is 0.188. The van der Waals surface area contributed by atoms with E-state index in [-0.39, 0.29) is 5.56 Å². The number of pyridine rings is 1. The highest BCUT2D eigenvalue weighted by atomic mass is 35.5. The van der Waals surface area contributed by atoms with E-state index in [1.165, 1.54) is 0 Å². The number of benzene rings is 1. The molecule has 0 fully saturated rings. The Bertz CT molecular complexity index is 1060. The van der Waals surface area contributed by atoms with Crippen molar-refractivity contribution >= 4 is 33.4 Å². The van der Waals surface area contributed by atoms with E-state index in [0.717, 1.165) is 22.0 Å². The van der Waals surface area contributed by atoms with Gasteiger partial charge in [-0.3, -0.25) is 9.48 Å². The van der Waals surface area contributed by atoms with Crippen LogP contribution in [0.5, 0.6) is 0 Å². The highest BCUT2D eigenvalue weighted by Gasteiger charge is 2.15. The number of H-pyrrole nitrogens is 1. The van der Waals surface area contributed by atoms with Crippen LogP contribution in [0.15, 0.2) is 41.7 Å². The van der Waals surface area contributed by atoms with Crippen molar-refractivity contribution in [1.29, 1.82) is 0 Å². The molecule has 0 aliphatic carbocycles. The minimum Gasteiger partial charge on any atom is -0.347 e. The molecule has 0 radical (unpaired) electrons. The van der Waals surface area contributed by atoms with E-state index in [1.807, 2.05) is 31.3 Å². The van der Waals surface area contributed by atoms with Crippen LogP contribution in [-0.4, -0.2) is 24.3 Å². The number of imidazole rings is 1. The van der Waals surface area contributed by atoms with E-state index in [9.17, 15) is 4.79 Å². The van der Waals surface area contributed by atoms with Crippen LogP contribution in [0.25, 0.3) is 21.8 Å². The van der Waals surface area contributed by atoms with E-state index < -0.39 is 0 Å². The number of aryl methyl sites for hydroxylation is 1. The van der Waals surface area contributed by atoms with Gasteiger partial charge in [0.2, 0.25) is 0 Å². The Labute approximate surface area is 136 Å². The Morgan fingerprint density at radius 1 is 1.30 bits per heavy atom. The second-order valence-electron chi connectivity index (χ2n) is 5.38. The van der Waals surface area contributed by atoms with Gasteiger partial charge in [-0.15, -0.1) is 0 Å². The maximum absolute atomic E-state index is 12.9. The average molecular weight is 328 g/mol. The predicted octanol–water partition coefficient (Wildman–Crippen LogP) is 2.80. The molecule has 0 atom stereocenters. The summed E-state index contributed by atoms with van der Waals surface area (Å²) >= 11 is 6.15. The standard InChI is InChI=1S/C16H14ClN5O/c1-2-21-8-13-12-4-3-10(17)5-14(12)22(16(23)15(13)20-21)7-11-6-18-9-19-11/h3-6,8-9H,2,7H2,1H3,(H,18,19). The molecule has 3 aromatic heterocycles. The molecular weight excluding hydrogens is 314 g/mol. The summed E-state index contributed by atoms with van der Waals surface area (Å²) in [6, 6.07) is 5.58. The number of hydrogen-bond acceptors (Lipinski definition) is 3. The third-order valence-electron chi connectivity index (χ3n) is 3.96. The highest BCUT2D eigenvalue weighted by molar-refractivity contribution is 6.31. The van der Waals surface area contributed by atoms with Crippen molar-refractivity contribution in [3.63, 3.8) is 0 Å². The van der Waals surface area contributed by atoms with Gasteiger partial charge in [0.1, 0.15) is 0 Å². The zero-order chi connectivity index (χ0) is 16.0. The lowest BCUT2D eigenvalue weighted by atomic mass is 10.1. The van der Waals surface area contributed by atoms with Crippen LogP contribution in [-0.2, 0) is 13.1 Å². The summed E-state index contributed by atoms with van der Waals surface area (Å²) < 4.78 is 3.46. The summed E-state index contributed by atoms with van der Waals surface area (Å²) in [5.41, 5.74) is 1.99. The third kappa shape index (κ3) is 2.22. The molecule has 1 N–H and O–H groups in total. The largest absolute Gasteiger partial charge is 0.347 e. The number of nitrogens with zero attached hydrogens (tertiary/aromatic N) is 4. The molecule has 7 heteroatoms. The van der Waals surface area contributed by atoms with Gasteiger partial charge in [0, 0.05) is 34.7 Å². The summed E-state index contributed by atoms with van der Waals surface area (Å²) in [6.07, 6.45) is 5.21. The van der Waals surface area contributed by atoms with Crippen molar-refractivity contribution < 1.29 is 0 Å². The summed E-state index contributed by atoms with van der Waals surface area (Å²) in [7, 11) is 0. The van der Waals surface area contributed by atoms with Gasteiger partial charge in [-0.05, 0) is 19.1 Å². The molecule has 0 bridgehead atoms. The molecule has 4 rings (SSSR count). The molecule has 0 saturated heterocycles. The number of aromatic nitrogens is 5. The molecule has 0 aliphatic rings. The van der Waals surface area contributed by atoms with E-state index in [1.54, 1.807) is 21.8 Å². The number of aromatic amines is 1.